The van der Waals surface area contributed by atoms with Gasteiger partial charge in [-0.1, -0.05) is 30.3 Å². The molecule has 5 heteroatoms. The van der Waals surface area contributed by atoms with Gasteiger partial charge in [-0.25, -0.2) is 4.98 Å². The van der Waals surface area contributed by atoms with Crippen LogP contribution in [-0.4, -0.2) is 34.9 Å². The molecule has 0 saturated carbocycles. The van der Waals surface area contributed by atoms with Crippen LogP contribution in [0.5, 0.6) is 5.88 Å². The number of ether oxygens (including phenoxy) is 1. The van der Waals surface area contributed by atoms with E-state index in [2.05, 4.69) is 44.3 Å². The van der Waals surface area contributed by atoms with E-state index < -0.39 is 0 Å². The lowest BCUT2D eigenvalue weighted by atomic mass is 9.97. The second-order valence-corrected chi connectivity index (χ2v) is 6.56. The fourth-order valence-corrected chi connectivity index (χ4v) is 3.40. The van der Waals surface area contributed by atoms with E-state index in [4.69, 9.17) is 4.74 Å². The van der Waals surface area contributed by atoms with Crippen LogP contribution in [0.25, 0.3) is 10.8 Å². The topological polar surface area (TPSA) is 51.1 Å². The van der Waals surface area contributed by atoms with Gasteiger partial charge in [0.1, 0.15) is 0 Å². The number of nitrogens with zero attached hydrogens (tertiary/aromatic N) is 4. The monoisotopic (exact) mass is 334 g/mol. The highest BCUT2D eigenvalue weighted by molar-refractivity contribution is 5.93. The summed E-state index contributed by atoms with van der Waals surface area (Å²) in [6.07, 6.45) is 3.95. The summed E-state index contributed by atoms with van der Waals surface area (Å²) in [5, 5.41) is 11.2. The largest absolute Gasteiger partial charge is 0.477 e. The van der Waals surface area contributed by atoms with Crippen molar-refractivity contribution in [3.63, 3.8) is 0 Å². The Kier molecular flexibility index (Phi) is 4.46. The Morgan fingerprint density at radius 2 is 1.76 bits per heavy atom. The molecule has 1 aliphatic rings. The van der Waals surface area contributed by atoms with Crippen molar-refractivity contribution in [1.82, 2.24) is 15.2 Å². The summed E-state index contributed by atoms with van der Waals surface area (Å²) in [6.45, 7) is 4.71. The van der Waals surface area contributed by atoms with Crippen molar-refractivity contribution in [2.45, 2.75) is 19.8 Å². The lowest BCUT2D eigenvalue weighted by molar-refractivity contribution is 0.216. The van der Waals surface area contributed by atoms with Crippen LogP contribution < -0.4 is 9.64 Å². The minimum atomic E-state index is 0.558. The zero-order chi connectivity index (χ0) is 17.1. The van der Waals surface area contributed by atoms with Gasteiger partial charge < -0.3 is 9.64 Å². The zero-order valence-electron chi connectivity index (χ0n) is 14.4. The first kappa shape index (κ1) is 15.8. The molecule has 0 spiro atoms. The summed E-state index contributed by atoms with van der Waals surface area (Å²) in [4.78, 5) is 6.57. The fraction of sp³-hybridized carbons (Fsp3) is 0.350. The first-order valence-corrected chi connectivity index (χ1v) is 8.82. The maximum Gasteiger partial charge on any atom is 0.213 e. The van der Waals surface area contributed by atoms with Crippen molar-refractivity contribution >= 4 is 16.6 Å². The molecule has 3 aromatic rings. The SMILES string of the molecule is Cc1nnc(N2CCC(COc3ccccn3)CC2)c2ccccc12. The fourth-order valence-electron chi connectivity index (χ4n) is 3.40. The normalized spacial score (nSPS) is 15.5. The van der Waals surface area contributed by atoms with E-state index in [9.17, 15) is 0 Å². The van der Waals surface area contributed by atoms with Crippen LogP contribution in [-0.2, 0) is 0 Å². The van der Waals surface area contributed by atoms with E-state index in [0.29, 0.717) is 11.8 Å². The van der Waals surface area contributed by atoms with Gasteiger partial charge >= 0.3 is 0 Å². The molecule has 1 aliphatic heterocycles. The van der Waals surface area contributed by atoms with Crippen molar-refractivity contribution in [2.75, 3.05) is 24.6 Å². The molecule has 0 aliphatic carbocycles. The first-order chi connectivity index (χ1) is 12.3. The molecule has 1 saturated heterocycles. The zero-order valence-corrected chi connectivity index (χ0v) is 14.4. The smallest absolute Gasteiger partial charge is 0.213 e. The van der Waals surface area contributed by atoms with Crippen LogP contribution in [0.15, 0.2) is 48.7 Å². The van der Waals surface area contributed by atoms with Gasteiger partial charge in [-0.3, -0.25) is 0 Å². The van der Waals surface area contributed by atoms with Gasteiger partial charge in [-0.05, 0) is 31.7 Å². The molecular weight excluding hydrogens is 312 g/mol. The standard InChI is InChI=1S/C20H22N4O/c1-15-17-6-2-3-7-18(17)20(23-22-15)24-12-9-16(10-13-24)14-25-19-8-4-5-11-21-19/h2-8,11,16H,9-10,12-14H2,1H3. The Morgan fingerprint density at radius 3 is 2.52 bits per heavy atom. The van der Waals surface area contributed by atoms with Crippen molar-refractivity contribution in [2.24, 2.45) is 5.92 Å². The van der Waals surface area contributed by atoms with Gasteiger partial charge in [0.15, 0.2) is 5.82 Å². The third-order valence-electron chi connectivity index (χ3n) is 4.87. The Labute approximate surface area is 147 Å². The average Bonchev–Trinajstić information content (AvgIpc) is 2.68. The van der Waals surface area contributed by atoms with Gasteiger partial charge in [0.2, 0.25) is 5.88 Å². The van der Waals surface area contributed by atoms with Crippen LogP contribution in [0.1, 0.15) is 18.5 Å². The number of piperidine rings is 1. The highest BCUT2D eigenvalue weighted by Gasteiger charge is 2.22. The number of hydrogen-bond acceptors (Lipinski definition) is 5. The molecule has 0 unspecified atom stereocenters. The molecule has 5 nitrogen and oxygen atoms in total. The van der Waals surface area contributed by atoms with Gasteiger partial charge in [-0.2, -0.15) is 5.10 Å². The number of anilines is 1. The summed E-state index contributed by atoms with van der Waals surface area (Å²) >= 11 is 0. The molecule has 1 aromatic carbocycles. The third kappa shape index (κ3) is 3.40. The molecule has 25 heavy (non-hydrogen) atoms. The van der Waals surface area contributed by atoms with E-state index in [0.717, 1.165) is 44.0 Å². The number of aryl methyl sites for hydroxylation is 1. The molecule has 128 valence electrons. The number of aromatic nitrogens is 3. The van der Waals surface area contributed by atoms with Gasteiger partial charge in [-0.15, -0.1) is 5.10 Å². The predicted octanol–water partition coefficient (Wildman–Crippen LogP) is 3.63. The van der Waals surface area contributed by atoms with E-state index in [-0.39, 0.29) is 0 Å². The molecule has 1 fully saturated rings. The van der Waals surface area contributed by atoms with E-state index in [1.807, 2.05) is 25.1 Å². The highest BCUT2D eigenvalue weighted by Crippen LogP contribution is 2.29. The number of pyridine rings is 1. The van der Waals surface area contributed by atoms with Crippen LogP contribution >= 0.6 is 0 Å². The summed E-state index contributed by atoms with van der Waals surface area (Å²) in [6, 6.07) is 14.1. The van der Waals surface area contributed by atoms with E-state index in [1.165, 1.54) is 10.8 Å². The van der Waals surface area contributed by atoms with Gasteiger partial charge in [0.25, 0.3) is 0 Å². The quantitative estimate of drug-likeness (QED) is 0.729. The van der Waals surface area contributed by atoms with Crippen LogP contribution in [0.4, 0.5) is 5.82 Å². The molecule has 0 radical (unpaired) electrons. The van der Waals surface area contributed by atoms with E-state index in [1.54, 1.807) is 6.20 Å². The van der Waals surface area contributed by atoms with E-state index >= 15 is 0 Å². The first-order valence-electron chi connectivity index (χ1n) is 8.82. The van der Waals surface area contributed by atoms with Crippen molar-refractivity contribution in [3.05, 3.63) is 54.4 Å². The number of hydrogen-bond donors (Lipinski definition) is 0. The molecular formula is C20H22N4O. The molecule has 4 rings (SSSR count). The number of benzene rings is 1. The van der Waals surface area contributed by atoms with Crippen molar-refractivity contribution < 1.29 is 4.74 Å². The maximum atomic E-state index is 5.81. The van der Waals surface area contributed by atoms with Gasteiger partial charge in [0, 0.05) is 36.1 Å². The summed E-state index contributed by atoms with van der Waals surface area (Å²) in [7, 11) is 0. The van der Waals surface area contributed by atoms with Crippen LogP contribution in [0.2, 0.25) is 0 Å². The lowest BCUT2D eigenvalue weighted by Crippen LogP contribution is -2.36. The minimum Gasteiger partial charge on any atom is -0.477 e. The third-order valence-corrected chi connectivity index (χ3v) is 4.87. The summed E-state index contributed by atoms with van der Waals surface area (Å²) in [5.41, 5.74) is 0.984. The molecule has 0 atom stereocenters. The molecule has 0 amide bonds. The predicted molar refractivity (Wildman–Crippen MR) is 98.9 cm³/mol. The van der Waals surface area contributed by atoms with Gasteiger partial charge in [0.05, 0.1) is 12.3 Å². The lowest BCUT2D eigenvalue weighted by Gasteiger charge is -2.33. The molecule has 2 aromatic heterocycles. The summed E-state index contributed by atoms with van der Waals surface area (Å²) in [5.74, 6) is 2.27. The Hall–Kier alpha value is -2.69. The van der Waals surface area contributed by atoms with Crippen LogP contribution in [0, 0.1) is 12.8 Å². The van der Waals surface area contributed by atoms with Crippen molar-refractivity contribution in [1.29, 1.82) is 0 Å². The Bertz CT molecular complexity index is 845. The molecule has 0 bridgehead atoms. The minimum absolute atomic E-state index is 0.558. The highest BCUT2D eigenvalue weighted by atomic mass is 16.5. The second-order valence-electron chi connectivity index (χ2n) is 6.56. The maximum absolute atomic E-state index is 5.81. The molecule has 3 heterocycles. The summed E-state index contributed by atoms with van der Waals surface area (Å²) < 4.78 is 5.81. The van der Waals surface area contributed by atoms with Crippen molar-refractivity contribution in [3.8, 4) is 5.88 Å². The molecule has 0 N–H and O–H groups in total. The second kappa shape index (κ2) is 7.05. The number of fused-ring (bicyclic) bond motifs is 1. The Morgan fingerprint density at radius 1 is 1.00 bits per heavy atom. The number of rotatable bonds is 4. The van der Waals surface area contributed by atoms with Crippen LogP contribution in [0.3, 0.4) is 0 Å². The Balaban J connectivity index is 1.41. The average molecular weight is 334 g/mol.